The molecule has 1 aromatic carbocycles. The molecular formula is C19H26O5Si. The molecule has 0 aliphatic rings. The molecule has 0 radical (unpaired) electrons. The number of carbonyl (C=O) groups is 2. The zero-order valence-electron chi connectivity index (χ0n) is 15.5. The van der Waals surface area contributed by atoms with E-state index in [0.29, 0.717) is 30.1 Å². The van der Waals surface area contributed by atoms with Crippen molar-refractivity contribution < 1.29 is 23.5 Å². The molecule has 0 fully saturated rings. The van der Waals surface area contributed by atoms with E-state index < -0.39 is 20.3 Å². The average Bonchev–Trinajstić information content (AvgIpc) is 2.45. The fourth-order valence-corrected chi connectivity index (χ4v) is 2.64. The number of benzene rings is 1. The molecule has 5 nitrogen and oxygen atoms in total. The van der Waals surface area contributed by atoms with E-state index in [-0.39, 0.29) is 0 Å². The highest BCUT2D eigenvalue weighted by Crippen LogP contribution is 2.31. The summed E-state index contributed by atoms with van der Waals surface area (Å²) >= 11 is 0. The molecule has 0 amide bonds. The van der Waals surface area contributed by atoms with Gasteiger partial charge < -0.3 is 13.9 Å². The summed E-state index contributed by atoms with van der Waals surface area (Å²) in [5, 5.41) is 0. The molecule has 0 atom stereocenters. The first-order valence-corrected chi connectivity index (χ1v) is 11.5. The van der Waals surface area contributed by atoms with Crippen LogP contribution in [0.2, 0.25) is 19.6 Å². The number of carbonyl (C=O) groups excluding carboxylic acids is 2. The predicted molar refractivity (Wildman–Crippen MR) is 101 cm³/mol. The van der Waals surface area contributed by atoms with E-state index in [0.717, 1.165) is 5.57 Å². The predicted octanol–water partition coefficient (Wildman–Crippen LogP) is 4.35. The molecule has 0 saturated carbocycles. The van der Waals surface area contributed by atoms with Crippen molar-refractivity contribution in [1.29, 1.82) is 0 Å². The first kappa shape index (κ1) is 20.7. The Morgan fingerprint density at radius 2 is 1.84 bits per heavy atom. The second kappa shape index (κ2) is 9.22. The molecule has 0 bridgehead atoms. The van der Waals surface area contributed by atoms with Crippen LogP contribution in [-0.4, -0.2) is 26.9 Å². The molecule has 0 aliphatic carbocycles. The minimum Gasteiger partial charge on any atom is -0.542 e. The van der Waals surface area contributed by atoms with Crippen molar-refractivity contribution >= 4 is 26.3 Å². The third-order valence-corrected chi connectivity index (χ3v) is 3.65. The standard InChI is InChI=1S/C19H26O5Si/c1-14(2)11-12-22-19(21)10-8-16-7-9-17(24-25(4,5)6)18(13-16)23-15(3)20/h7-10,13H,1,11-12H2,2-6H3/b10-8+. The van der Waals surface area contributed by atoms with Crippen LogP contribution in [0.15, 0.2) is 36.4 Å². The van der Waals surface area contributed by atoms with Crippen molar-refractivity contribution in [3.63, 3.8) is 0 Å². The summed E-state index contributed by atoms with van der Waals surface area (Å²) in [5.41, 5.74) is 1.66. The van der Waals surface area contributed by atoms with Crippen LogP contribution in [0.25, 0.3) is 6.08 Å². The van der Waals surface area contributed by atoms with E-state index in [2.05, 4.69) is 6.58 Å². The number of esters is 2. The summed E-state index contributed by atoms with van der Waals surface area (Å²) in [5.74, 6) is 0.00162. The lowest BCUT2D eigenvalue weighted by atomic mass is 10.2. The fourth-order valence-electron chi connectivity index (χ4n) is 1.82. The molecule has 0 heterocycles. The van der Waals surface area contributed by atoms with Gasteiger partial charge in [0.25, 0.3) is 0 Å². The second-order valence-electron chi connectivity index (χ2n) is 6.72. The van der Waals surface area contributed by atoms with Gasteiger partial charge in [0.1, 0.15) is 5.75 Å². The Kier molecular flexibility index (Phi) is 7.64. The smallest absolute Gasteiger partial charge is 0.330 e. The molecule has 0 aliphatic heterocycles. The van der Waals surface area contributed by atoms with E-state index in [4.69, 9.17) is 13.9 Å². The SMILES string of the molecule is C=C(C)CCOC(=O)/C=C/c1ccc(O[Si](C)(C)C)c(OC(C)=O)c1. The van der Waals surface area contributed by atoms with E-state index in [1.165, 1.54) is 13.0 Å². The highest BCUT2D eigenvalue weighted by Gasteiger charge is 2.19. The van der Waals surface area contributed by atoms with Gasteiger partial charge >= 0.3 is 11.9 Å². The van der Waals surface area contributed by atoms with Gasteiger partial charge in [0.2, 0.25) is 8.32 Å². The van der Waals surface area contributed by atoms with Gasteiger partial charge in [0.05, 0.1) is 6.61 Å². The number of rotatable bonds is 8. The number of hydrogen-bond donors (Lipinski definition) is 0. The molecule has 0 saturated heterocycles. The Balaban J connectivity index is 2.86. The van der Waals surface area contributed by atoms with Crippen molar-refractivity contribution in [1.82, 2.24) is 0 Å². The van der Waals surface area contributed by atoms with Crippen molar-refractivity contribution in [2.75, 3.05) is 6.61 Å². The summed E-state index contributed by atoms with van der Waals surface area (Å²) in [6, 6.07) is 5.19. The quantitative estimate of drug-likeness (QED) is 0.226. The van der Waals surface area contributed by atoms with Crippen LogP contribution in [0.3, 0.4) is 0 Å². The third kappa shape index (κ3) is 8.90. The number of ether oxygens (including phenoxy) is 2. The molecule has 0 aromatic heterocycles. The molecule has 0 spiro atoms. The molecular weight excluding hydrogens is 336 g/mol. The maximum Gasteiger partial charge on any atom is 0.330 e. The Morgan fingerprint density at radius 1 is 1.16 bits per heavy atom. The summed E-state index contributed by atoms with van der Waals surface area (Å²) in [4.78, 5) is 23.0. The zero-order valence-corrected chi connectivity index (χ0v) is 16.5. The first-order valence-electron chi connectivity index (χ1n) is 8.07. The van der Waals surface area contributed by atoms with Gasteiger partial charge in [-0.05, 0) is 50.3 Å². The summed E-state index contributed by atoms with van der Waals surface area (Å²) in [6.07, 6.45) is 3.58. The van der Waals surface area contributed by atoms with Crippen LogP contribution in [0.1, 0.15) is 25.8 Å². The Labute approximate surface area is 150 Å². The molecule has 1 rings (SSSR count). The van der Waals surface area contributed by atoms with Crippen LogP contribution in [0.5, 0.6) is 11.5 Å². The lowest BCUT2D eigenvalue weighted by molar-refractivity contribution is -0.137. The Hall–Kier alpha value is -2.34. The van der Waals surface area contributed by atoms with Gasteiger partial charge in [-0.3, -0.25) is 4.79 Å². The molecule has 0 unspecified atom stereocenters. The van der Waals surface area contributed by atoms with E-state index in [1.807, 2.05) is 26.6 Å². The Bertz CT molecular complexity index is 671. The minimum atomic E-state index is -1.85. The second-order valence-corrected chi connectivity index (χ2v) is 11.2. The lowest BCUT2D eigenvalue weighted by Crippen LogP contribution is -2.29. The lowest BCUT2D eigenvalue weighted by Gasteiger charge is -2.21. The first-order chi connectivity index (χ1) is 11.6. The van der Waals surface area contributed by atoms with Gasteiger partial charge in [0.15, 0.2) is 5.75 Å². The van der Waals surface area contributed by atoms with E-state index in [9.17, 15) is 9.59 Å². The zero-order chi connectivity index (χ0) is 19.0. The molecule has 136 valence electrons. The van der Waals surface area contributed by atoms with Crippen molar-refractivity contribution in [2.45, 2.75) is 39.9 Å². The van der Waals surface area contributed by atoms with E-state index in [1.54, 1.807) is 24.3 Å². The summed E-state index contributed by atoms with van der Waals surface area (Å²) < 4.78 is 16.2. The van der Waals surface area contributed by atoms with Crippen molar-refractivity contribution in [3.05, 3.63) is 42.0 Å². The summed E-state index contributed by atoms with van der Waals surface area (Å²) in [6.45, 7) is 13.4. The average molecular weight is 362 g/mol. The van der Waals surface area contributed by atoms with Crippen molar-refractivity contribution in [3.8, 4) is 11.5 Å². The maximum atomic E-state index is 11.7. The highest BCUT2D eigenvalue weighted by atomic mass is 28.4. The van der Waals surface area contributed by atoms with Crippen LogP contribution >= 0.6 is 0 Å². The monoisotopic (exact) mass is 362 g/mol. The van der Waals surface area contributed by atoms with Gasteiger partial charge in [-0.25, -0.2) is 4.79 Å². The van der Waals surface area contributed by atoms with Gasteiger partial charge in [0, 0.05) is 19.4 Å². The van der Waals surface area contributed by atoms with Crippen molar-refractivity contribution in [2.24, 2.45) is 0 Å². The van der Waals surface area contributed by atoms with Crippen LogP contribution in [-0.2, 0) is 14.3 Å². The molecule has 25 heavy (non-hydrogen) atoms. The van der Waals surface area contributed by atoms with Gasteiger partial charge in [-0.2, -0.15) is 0 Å². The molecule has 6 heteroatoms. The maximum absolute atomic E-state index is 11.7. The Morgan fingerprint density at radius 3 is 2.40 bits per heavy atom. The van der Waals surface area contributed by atoms with Crippen LogP contribution < -0.4 is 9.16 Å². The largest absolute Gasteiger partial charge is 0.542 e. The van der Waals surface area contributed by atoms with Gasteiger partial charge in [-0.1, -0.05) is 11.6 Å². The molecule has 1 aromatic rings. The minimum absolute atomic E-state index is 0.306. The topological polar surface area (TPSA) is 61.8 Å². The fraction of sp³-hybridized carbons (Fsp3) is 0.368. The summed E-state index contributed by atoms with van der Waals surface area (Å²) in [7, 11) is -1.85. The third-order valence-electron chi connectivity index (χ3n) is 2.82. The van der Waals surface area contributed by atoms with Crippen LogP contribution in [0, 0.1) is 0 Å². The molecule has 0 N–H and O–H groups in total. The van der Waals surface area contributed by atoms with Crippen LogP contribution in [0.4, 0.5) is 0 Å². The normalized spacial score (nSPS) is 11.2. The van der Waals surface area contributed by atoms with Gasteiger partial charge in [-0.15, -0.1) is 6.58 Å². The van der Waals surface area contributed by atoms with E-state index >= 15 is 0 Å². The highest BCUT2D eigenvalue weighted by molar-refractivity contribution is 6.70. The number of hydrogen-bond acceptors (Lipinski definition) is 5.